The summed E-state index contributed by atoms with van der Waals surface area (Å²) in [4.78, 5) is 12.3. The Labute approximate surface area is 148 Å². The molecule has 2 aromatic rings. The number of aliphatic hydroxyl groups is 1. The lowest BCUT2D eigenvalue weighted by Gasteiger charge is -2.23. The Morgan fingerprint density at radius 3 is 2.77 bits per heavy atom. The Morgan fingerprint density at radius 1 is 1.23 bits per heavy atom. The second-order valence-corrected chi connectivity index (χ2v) is 6.26. The summed E-state index contributed by atoms with van der Waals surface area (Å²) in [6.07, 6.45) is -3.38. The number of amides is 1. The van der Waals surface area contributed by atoms with Gasteiger partial charge >= 0.3 is 6.36 Å². The van der Waals surface area contributed by atoms with Gasteiger partial charge in [-0.2, -0.15) is 0 Å². The van der Waals surface area contributed by atoms with Gasteiger partial charge in [-0.05, 0) is 47.7 Å². The van der Waals surface area contributed by atoms with E-state index in [1.54, 1.807) is 12.1 Å². The van der Waals surface area contributed by atoms with Gasteiger partial charge < -0.3 is 15.2 Å². The molecule has 4 nitrogen and oxygen atoms in total. The minimum absolute atomic E-state index is 0.0821. The summed E-state index contributed by atoms with van der Waals surface area (Å²) in [5.74, 6) is -0.703. The molecule has 0 spiro atoms. The minimum Gasteiger partial charge on any atom is -0.406 e. The number of anilines is 1. The van der Waals surface area contributed by atoms with E-state index in [-0.39, 0.29) is 18.1 Å². The lowest BCUT2D eigenvalue weighted by atomic mass is 9.88. The van der Waals surface area contributed by atoms with Crippen molar-refractivity contribution < 1.29 is 27.8 Å². The van der Waals surface area contributed by atoms with Crippen LogP contribution >= 0.6 is 0 Å². The van der Waals surface area contributed by atoms with Gasteiger partial charge in [0, 0.05) is 12.1 Å². The van der Waals surface area contributed by atoms with Crippen LogP contribution in [0.5, 0.6) is 5.75 Å². The maximum Gasteiger partial charge on any atom is 0.573 e. The molecule has 0 saturated heterocycles. The van der Waals surface area contributed by atoms with Gasteiger partial charge in [-0.1, -0.05) is 24.3 Å². The Bertz CT molecular complexity index is 805. The summed E-state index contributed by atoms with van der Waals surface area (Å²) in [5, 5.41) is 12.6. The molecule has 0 fully saturated rings. The molecular formula is C19H18F3NO3. The number of alkyl halides is 3. The molecule has 1 aliphatic rings. The average molecular weight is 365 g/mol. The normalized spacial score (nSPS) is 16.7. The highest BCUT2D eigenvalue weighted by molar-refractivity contribution is 5.93. The molecule has 138 valence electrons. The number of hydrogen-bond donors (Lipinski definition) is 2. The zero-order valence-electron chi connectivity index (χ0n) is 13.8. The smallest absolute Gasteiger partial charge is 0.406 e. The van der Waals surface area contributed by atoms with Crippen LogP contribution in [-0.4, -0.2) is 23.5 Å². The molecule has 7 heteroatoms. The SMILES string of the molecule is O=C(Cc1cccc(OC(F)(F)F)c1)Nc1cccc2c1C[C@H](O)CC2. The Balaban J connectivity index is 1.70. The number of ether oxygens (including phenoxy) is 1. The first kappa shape index (κ1) is 18.3. The summed E-state index contributed by atoms with van der Waals surface area (Å²) in [6, 6.07) is 10.9. The van der Waals surface area contributed by atoms with Crippen LogP contribution in [0.2, 0.25) is 0 Å². The van der Waals surface area contributed by atoms with Crippen LogP contribution in [-0.2, 0) is 24.1 Å². The number of nitrogens with one attached hydrogen (secondary N) is 1. The molecule has 3 rings (SSSR count). The molecule has 1 aliphatic carbocycles. The van der Waals surface area contributed by atoms with Crippen molar-refractivity contribution in [3.8, 4) is 5.75 Å². The molecule has 0 aromatic heterocycles. The first-order valence-electron chi connectivity index (χ1n) is 8.23. The van der Waals surface area contributed by atoms with Crippen LogP contribution in [0.1, 0.15) is 23.1 Å². The number of hydrogen-bond acceptors (Lipinski definition) is 3. The second kappa shape index (κ2) is 7.37. The molecule has 0 bridgehead atoms. The zero-order valence-corrected chi connectivity index (χ0v) is 13.8. The third-order valence-corrected chi connectivity index (χ3v) is 4.23. The summed E-state index contributed by atoms with van der Waals surface area (Å²) >= 11 is 0. The maximum absolute atomic E-state index is 12.3. The molecule has 1 amide bonds. The average Bonchev–Trinajstić information content (AvgIpc) is 2.54. The number of carbonyl (C=O) groups excluding carboxylic acids is 1. The van der Waals surface area contributed by atoms with Crippen molar-refractivity contribution >= 4 is 11.6 Å². The van der Waals surface area contributed by atoms with Crippen LogP contribution in [0.15, 0.2) is 42.5 Å². The van der Waals surface area contributed by atoms with E-state index in [0.717, 1.165) is 17.5 Å². The highest BCUT2D eigenvalue weighted by Gasteiger charge is 2.31. The number of aryl methyl sites for hydroxylation is 1. The van der Waals surface area contributed by atoms with Crippen molar-refractivity contribution in [3.63, 3.8) is 0 Å². The standard InChI is InChI=1S/C19H18F3NO3/c20-19(21,22)26-15-5-1-3-12(9-15)10-18(25)23-17-6-2-4-13-7-8-14(24)11-16(13)17/h1-6,9,14,24H,7-8,10-11H2,(H,23,25)/t14-/m1/s1. The van der Waals surface area contributed by atoms with Gasteiger partial charge in [-0.3, -0.25) is 4.79 Å². The highest BCUT2D eigenvalue weighted by Crippen LogP contribution is 2.28. The predicted molar refractivity (Wildman–Crippen MR) is 89.9 cm³/mol. The largest absolute Gasteiger partial charge is 0.573 e. The molecule has 0 radical (unpaired) electrons. The van der Waals surface area contributed by atoms with E-state index < -0.39 is 12.5 Å². The quantitative estimate of drug-likeness (QED) is 0.870. The lowest BCUT2D eigenvalue weighted by Crippen LogP contribution is -2.22. The van der Waals surface area contributed by atoms with Crippen molar-refractivity contribution in [1.82, 2.24) is 0 Å². The second-order valence-electron chi connectivity index (χ2n) is 6.26. The van der Waals surface area contributed by atoms with Crippen molar-refractivity contribution in [1.29, 1.82) is 0 Å². The van der Waals surface area contributed by atoms with Gasteiger partial charge in [-0.15, -0.1) is 13.2 Å². The number of aliphatic hydroxyl groups excluding tert-OH is 1. The zero-order chi connectivity index (χ0) is 18.7. The third kappa shape index (κ3) is 4.76. The molecular weight excluding hydrogens is 347 g/mol. The first-order valence-corrected chi connectivity index (χ1v) is 8.23. The van der Waals surface area contributed by atoms with E-state index in [9.17, 15) is 23.1 Å². The topological polar surface area (TPSA) is 58.6 Å². The summed E-state index contributed by atoms with van der Waals surface area (Å²) < 4.78 is 40.7. The number of rotatable bonds is 4. The fourth-order valence-corrected chi connectivity index (χ4v) is 3.12. The number of benzene rings is 2. The van der Waals surface area contributed by atoms with Crippen LogP contribution in [0.25, 0.3) is 0 Å². The lowest BCUT2D eigenvalue weighted by molar-refractivity contribution is -0.274. The van der Waals surface area contributed by atoms with Crippen molar-refractivity contribution in [2.75, 3.05) is 5.32 Å². The van der Waals surface area contributed by atoms with Crippen LogP contribution in [0, 0.1) is 0 Å². The van der Waals surface area contributed by atoms with Crippen molar-refractivity contribution in [2.45, 2.75) is 38.1 Å². The summed E-state index contributed by atoms with van der Waals surface area (Å²) in [6.45, 7) is 0. The van der Waals surface area contributed by atoms with Gasteiger partial charge in [0.05, 0.1) is 12.5 Å². The van der Waals surface area contributed by atoms with Gasteiger partial charge in [-0.25, -0.2) is 0 Å². The Hall–Kier alpha value is -2.54. The van der Waals surface area contributed by atoms with Crippen LogP contribution < -0.4 is 10.1 Å². The van der Waals surface area contributed by atoms with E-state index in [0.29, 0.717) is 24.1 Å². The number of carbonyl (C=O) groups is 1. The molecule has 0 aliphatic heterocycles. The first-order chi connectivity index (χ1) is 12.3. The Morgan fingerprint density at radius 2 is 2.00 bits per heavy atom. The summed E-state index contributed by atoms with van der Waals surface area (Å²) in [5.41, 5.74) is 3.05. The van der Waals surface area contributed by atoms with Gasteiger partial charge in [0.25, 0.3) is 0 Å². The van der Waals surface area contributed by atoms with E-state index >= 15 is 0 Å². The minimum atomic E-state index is -4.77. The predicted octanol–water partition coefficient (Wildman–Crippen LogP) is 3.62. The van der Waals surface area contributed by atoms with Gasteiger partial charge in [0.2, 0.25) is 5.91 Å². The van der Waals surface area contributed by atoms with Crippen LogP contribution in [0.3, 0.4) is 0 Å². The molecule has 0 unspecified atom stereocenters. The molecule has 0 heterocycles. The fourth-order valence-electron chi connectivity index (χ4n) is 3.12. The fraction of sp³-hybridized carbons (Fsp3) is 0.316. The highest BCUT2D eigenvalue weighted by atomic mass is 19.4. The van der Waals surface area contributed by atoms with E-state index in [1.165, 1.54) is 18.2 Å². The molecule has 1 atom stereocenters. The van der Waals surface area contributed by atoms with E-state index in [1.807, 2.05) is 12.1 Å². The van der Waals surface area contributed by atoms with Crippen molar-refractivity contribution in [2.24, 2.45) is 0 Å². The monoisotopic (exact) mass is 365 g/mol. The molecule has 2 N–H and O–H groups in total. The number of fused-ring (bicyclic) bond motifs is 1. The third-order valence-electron chi connectivity index (χ3n) is 4.23. The van der Waals surface area contributed by atoms with Gasteiger partial charge in [0.1, 0.15) is 5.75 Å². The van der Waals surface area contributed by atoms with Crippen LogP contribution in [0.4, 0.5) is 18.9 Å². The van der Waals surface area contributed by atoms with E-state index in [4.69, 9.17) is 0 Å². The molecule has 26 heavy (non-hydrogen) atoms. The van der Waals surface area contributed by atoms with Crippen molar-refractivity contribution in [3.05, 3.63) is 59.2 Å². The van der Waals surface area contributed by atoms with E-state index in [2.05, 4.69) is 10.1 Å². The summed E-state index contributed by atoms with van der Waals surface area (Å²) in [7, 11) is 0. The number of halogens is 3. The molecule has 0 saturated carbocycles. The Kier molecular flexibility index (Phi) is 5.18. The van der Waals surface area contributed by atoms with Gasteiger partial charge in [0.15, 0.2) is 0 Å². The maximum atomic E-state index is 12.3. The molecule has 2 aromatic carbocycles.